The summed E-state index contributed by atoms with van der Waals surface area (Å²) in [6.07, 6.45) is -5.08. The van der Waals surface area contributed by atoms with Crippen molar-refractivity contribution >= 4 is 33.3 Å². The average Bonchev–Trinajstić information content (AvgIpc) is 3.42. The highest BCUT2D eigenvalue weighted by Crippen LogP contribution is 2.34. The van der Waals surface area contributed by atoms with Crippen molar-refractivity contribution in [3.63, 3.8) is 0 Å². The zero-order chi connectivity index (χ0) is 30.5. The van der Waals surface area contributed by atoms with E-state index >= 15 is 0 Å². The van der Waals surface area contributed by atoms with E-state index in [1.165, 1.54) is 24.3 Å². The van der Waals surface area contributed by atoms with Crippen LogP contribution < -0.4 is 19.1 Å². The Morgan fingerprint density at radius 3 is 2.14 bits per heavy atom. The van der Waals surface area contributed by atoms with Crippen molar-refractivity contribution in [2.45, 2.75) is 17.6 Å². The smallest absolute Gasteiger partial charge is 0.478 e. The van der Waals surface area contributed by atoms with Gasteiger partial charge in [-0.1, -0.05) is 24.3 Å². The number of fused-ring (bicyclic) bond motifs is 1. The molecule has 224 valence electrons. The molecule has 3 aromatic carbocycles. The van der Waals surface area contributed by atoms with Gasteiger partial charge in [0, 0.05) is 32.7 Å². The SMILES string of the molecule is O=C(O)C(F)(F)F.O=C(O)c1ccc(N2CCN(Cc3ccc4c(c3)OCO4)CC2)c(NS(=O)(=O)c2ccccc2)c1. The quantitative estimate of drug-likeness (QED) is 0.361. The number of aliphatic carboxylic acids is 1. The zero-order valence-corrected chi connectivity index (χ0v) is 22.7. The first-order valence-corrected chi connectivity index (χ1v) is 13.9. The van der Waals surface area contributed by atoms with Crippen molar-refractivity contribution in [2.24, 2.45) is 0 Å². The fourth-order valence-electron chi connectivity index (χ4n) is 4.27. The number of piperazine rings is 1. The highest BCUT2D eigenvalue weighted by molar-refractivity contribution is 7.92. The number of carboxylic acids is 2. The van der Waals surface area contributed by atoms with Crippen molar-refractivity contribution in [1.82, 2.24) is 4.90 Å². The van der Waals surface area contributed by atoms with Crippen LogP contribution in [-0.2, 0) is 21.4 Å². The molecule has 0 unspecified atom stereocenters. The molecule has 0 bridgehead atoms. The Bertz CT molecular complexity index is 1540. The number of sulfonamides is 1. The van der Waals surface area contributed by atoms with Crippen molar-refractivity contribution in [3.05, 3.63) is 77.9 Å². The lowest BCUT2D eigenvalue weighted by Crippen LogP contribution is -2.46. The fraction of sp³-hybridized carbons (Fsp3) is 0.259. The molecule has 15 heteroatoms. The summed E-state index contributed by atoms with van der Waals surface area (Å²) in [4.78, 5) is 24.9. The van der Waals surface area contributed by atoms with E-state index in [9.17, 15) is 31.5 Å². The third-order valence-electron chi connectivity index (χ3n) is 6.34. The third-order valence-corrected chi connectivity index (χ3v) is 7.72. The van der Waals surface area contributed by atoms with E-state index in [0.29, 0.717) is 18.8 Å². The van der Waals surface area contributed by atoms with Gasteiger partial charge in [-0.05, 0) is 48.0 Å². The molecule has 0 radical (unpaired) electrons. The third kappa shape index (κ3) is 7.61. The topological polar surface area (TPSA) is 146 Å². The minimum absolute atomic E-state index is 0.0148. The summed E-state index contributed by atoms with van der Waals surface area (Å²) in [7, 11) is -3.88. The van der Waals surface area contributed by atoms with Gasteiger partial charge in [0.05, 0.1) is 21.8 Å². The minimum atomic E-state index is -5.08. The largest absolute Gasteiger partial charge is 0.490 e. The van der Waals surface area contributed by atoms with Crippen LogP contribution >= 0.6 is 0 Å². The number of benzene rings is 3. The van der Waals surface area contributed by atoms with Gasteiger partial charge in [-0.3, -0.25) is 9.62 Å². The predicted octanol–water partition coefficient (Wildman–Crippen LogP) is 3.87. The highest BCUT2D eigenvalue weighted by atomic mass is 32.2. The van der Waals surface area contributed by atoms with Crippen LogP contribution in [0.2, 0.25) is 0 Å². The first kappa shape index (κ1) is 30.5. The van der Waals surface area contributed by atoms with E-state index in [-0.39, 0.29) is 22.9 Å². The zero-order valence-electron chi connectivity index (χ0n) is 21.9. The average molecular weight is 610 g/mol. The van der Waals surface area contributed by atoms with Crippen molar-refractivity contribution in [3.8, 4) is 11.5 Å². The predicted molar refractivity (Wildman–Crippen MR) is 144 cm³/mol. The summed E-state index contributed by atoms with van der Waals surface area (Å²) >= 11 is 0. The number of carboxylic acid groups (broad SMARTS) is 2. The van der Waals surface area contributed by atoms with E-state index in [2.05, 4.69) is 14.5 Å². The van der Waals surface area contributed by atoms with Crippen LogP contribution in [0, 0.1) is 0 Å². The molecule has 0 saturated carbocycles. The molecule has 0 amide bonds. The lowest BCUT2D eigenvalue weighted by atomic mass is 10.1. The monoisotopic (exact) mass is 609 g/mol. The normalized spacial score (nSPS) is 15.0. The fourth-order valence-corrected chi connectivity index (χ4v) is 5.36. The standard InChI is InChI=1S/C25H25N3O6S.C2HF3O2/c29-25(30)19-7-8-22(21(15-19)26-35(31,32)20-4-2-1-3-5-20)28-12-10-27(11-13-28)16-18-6-9-23-24(14-18)34-17-33-23;3-2(4,5)1(6)7/h1-9,14-15,26H,10-13,16-17H2,(H,29,30);(H,6,7). The molecule has 0 spiro atoms. The number of hydrogen-bond donors (Lipinski definition) is 3. The van der Waals surface area contributed by atoms with Gasteiger partial charge >= 0.3 is 18.1 Å². The molecule has 0 aliphatic carbocycles. The van der Waals surface area contributed by atoms with Crippen molar-refractivity contribution < 1.29 is 50.9 Å². The Labute approximate surface area is 238 Å². The van der Waals surface area contributed by atoms with E-state index in [1.54, 1.807) is 24.3 Å². The van der Waals surface area contributed by atoms with Gasteiger partial charge < -0.3 is 24.6 Å². The molecule has 2 aliphatic heterocycles. The van der Waals surface area contributed by atoms with E-state index in [4.69, 9.17) is 19.4 Å². The first-order chi connectivity index (χ1) is 19.8. The molecule has 3 aromatic rings. The Morgan fingerprint density at radius 2 is 1.52 bits per heavy atom. The van der Waals surface area contributed by atoms with Crippen LogP contribution in [0.1, 0.15) is 15.9 Å². The molecule has 1 saturated heterocycles. The number of aromatic carboxylic acids is 1. The van der Waals surface area contributed by atoms with E-state index in [0.717, 1.165) is 36.7 Å². The molecule has 2 aliphatic rings. The van der Waals surface area contributed by atoms with Crippen LogP contribution in [0.5, 0.6) is 11.5 Å². The second-order valence-electron chi connectivity index (χ2n) is 9.21. The second kappa shape index (κ2) is 12.6. The number of nitrogens with zero attached hydrogens (tertiary/aromatic N) is 2. The maximum absolute atomic E-state index is 12.9. The number of ether oxygens (including phenoxy) is 2. The molecule has 1 fully saturated rings. The number of nitrogens with one attached hydrogen (secondary N) is 1. The molecule has 42 heavy (non-hydrogen) atoms. The Morgan fingerprint density at radius 1 is 0.881 bits per heavy atom. The van der Waals surface area contributed by atoms with Gasteiger partial charge in [0.15, 0.2) is 11.5 Å². The lowest BCUT2D eigenvalue weighted by Gasteiger charge is -2.37. The van der Waals surface area contributed by atoms with Gasteiger partial charge in [-0.15, -0.1) is 0 Å². The van der Waals surface area contributed by atoms with Crippen molar-refractivity contribution in [1.29, 1.82) is 0 Å². The summed E-state index contributed by atoms with van der Waals surface area (Å²) in [6.45, 7) is 3.86. The maximum atomic E-state index is 12.9. The number of rotatable bonds is 7. The summed E-state index contributed by atoms with van der Waals surface area (Å²) < 4.78 is 71.1. The van der Waals surface area contributed by atoms with Crippen LogP contribution in [0.25, 0.3) is 0 Å². The molecule has 0 atom stereocenters. The minimum Gasteiger partial charge on any atom is -0.478 e. The van der Waals surface area contributed by atoms with Gasteiger partial charge in [-0.2, -0.15) is 13.2 Å². The number of carbonyl (C=O) groups is 2. The molecule has 0 aromatic heterocycles. The molecule has 5 rings (SSSR count). The van der Waals surface area contributed by atoms with Gasteiger partial charge in [0.2, 0.25) is 6.79 Å². The molecular weight excluding hydrogens is 583 g/mol. The van der Waals surface area contributed by atoms with E-state index < -0.39 is 28.1 Å². The number of anilines is 2. The molecular formula is C27H26F3N3O8S. The first-order valence-electron chi connectivity index (χ1n) is 12.4. The highest BCUT2D eigenvalue weighted by Gasteiger charge is 2.38. The molecule has 2 heterocycles. The molecule has 3 N–H and O–H groups in total. The van der Waals surface area contributed by atoms with E-state index in [1.807, 2.05) is 18.2 Å². The van der Waals surface area contributed by atoms with Gasteiger partial charge in [0.1, 0.15) is 0 Å². The van der Waals surface area contributed by atoms with Crippen LogP contribution in [0.3, 0.4) is 0 Å². The van der Waals surface area contributed by atoms with Crippen LogP contribution in [0.15, 0.2) is 71.6 Å². The number of alkyl halides is 3. The van der Waals surface area contributed by atoms with Gasteiger partial charge in [-0.25, -0.2) is 18.0 Å². The Kier molecular flexibility index (Phi) is 9.11. The second-order valence-corrected chi connectivity index (χ2v) is 10.9. The Hall–Kier alpha value is -4.50. The number of halogens is 3. The van der Waals surface area contributed by atoms with Crippen LogP contribution in [0.4, 0.5) is 24.5 Å². The van der Waals surface area contributed by atoms with Crippen LogP contribution in [-0.4, -0.2) is 74.6 Å². The van der Waals surface area contributed by atoms with Gasteiger partial charge in [0.25, 0.3) is 10.0 Å². The Balaban J connectivity index is 0.000000517. The molecule has 11 nitrogen and oxygen atoms in total. The van der Waals surface area contributed by atoms with Crippen molar-refractivity contribution in [2.75, 3.05) is 42.6 Å². The number of hydrogen-bond acceptors (Lipinski definition) is 8. The summed E-state index contributed by atoms with van der Waals surface area (Å²) in [5.74, 6) is -2.36. The summed E-state index contributed by atoms with van der Waals surface area (Å²) in [5, 5.41) is 16.6. The lowest BCUT2D eigenvalue weighted by molar-refractivity contribution is -0.192. The summed E-state index contributed by atoms with van der Waals surface area (Å²) in [6, 6.07) is 18.5. The summed E-state index contributed by atoms with van der Waals surface area (Å²) in [5.41, 5.74) is 2.04. The maximum Gasteiger partial charge on any atom is 0.490 e.